The van der Waals surface area contributed by atoms with Gasteiger partial charge in [0.25, 0.3) is 0 Å². The SMILES string of the molecule is Cc1cc(COc2c(C)cccc2CN)on1. The van der Waals surface area contributed by atoms with Crippen molar-refractivity contribution < 1.29 is 9.26 Å². The van der Waals surface area contributed by atoms with Crippen LogP contribution in [0.3, 0.4) is 0 Å². The molecule has 1 aromatic carbocycles. The third-order valence-electron chi connectivity index (χ3n) is 2.55. The summed E-state index contributed by atoms with van der Waals surface area (Å²) >= 11 is 0. The summed E-state index contributed by atoms with van der Waals surface area (Å²) in [6.45, 7) is 4.72. The summed E-state index contributed by atoms with van der Waals surface area (Å²) < 4.78 is 10.8. The fraction of sp³-hybridized carbons (Fsp3) is 0.308. The molecular weight excluding hydrogens is 216 g/mol. The molecule has 4 heteroatoms. The molecule has 2 rings (SSSR count). The van der Waals surface area contributed by atoms with E-state index in [1.54, 1.807) is 0 Å². The Bertz CT molecular complexity index is 506. The zero-order valence-electron chi connectivity index (χ0n) is 10.1. The minimum Gasteiger partial charge on any atom is -0.485 e. The second kappa shape index (κ2) is 5.01. The van der Waals surface area contributed by atoms with E-state index in [1.807, 2.05) is 38.1 Å². The van der Waals surface area contributed by atoms with Gasteiger partial charge >= 0.3 is 0 Å². The lowest BCUT2D eigenvalue weighted by Gasteiger charge is -2.11. The molecule has 0 saturated heterocycles. The average molecular weight is 232 g/mol. The highest BCUT2D eigenvalue weighted by Gasteiger charge is 2.07. The lowest BCUT2D eigenvalue weighted by molar-refractivity contribution is 0.245. The van der Waals surface area contributed by atoms with E-state index in [1.165, 1.54) is 0 Å². The van der Waals surface area contributed by atoms with Crippen LogP contribution < -0.4 is 10.5 Å². The summed E-state index contributed by atoms with van der Waals surface area (Å²) in [4.78, 5) is 0. The van der Waals surface area contributed by atoms with Crippen LogP contribution in [0.4, 0.5) is 0 Å². The lowest BCUT2D eigenvalue weighted by Crippen LogP contribution is -2.03. The zero-order chi connectivity index (χ0) is 12.3. The lowest BCUT2D eigenvalue weighted by atomic mass is 10.1. The van der Waals surface area contributed by atoms with Crippen molar-refractivity contribution in [3.8, 4) is 5.75 Å². The summed E-state index contributed by atoms with van der Waals surface area (Å²) in [6, 6.07) is 7.80. The van der Waals surface area contributed by atoms with Gasteiger partial charge in [-0.05, 0) is 19.4 Å². The fourth-order valence-electron chi connectivity index (χ4n) is 1.71. The zero-order valence-corrected chi connectivity index (χ0v) is 10.1. The number of rotatable bonds is 4. The molecule has 0 aliphatic heterocycles. The largest absolute Gasteiger partial charge is 0.485 e. The van der Waals surface area contributed by atoms with E-state index in [4.69, 9.17) is 15.0 Å². The highest BCUT2D eigenvalue weighted by molar-refractivity contribution is 5.40. The number of hydrogen-bond donors (Lipinski definition) is 1. The third kappa shape index (κ3) is 2.65. The van der Waals surface area contributed by atoms with Crippen LogP contribution in [0, 0.1) is 13.8 Å². The van der Waals surface area contributed by atoms with E-state index in [9.17, 15) is 0 Å². The first-order valence-electron chi connectivity index (χ1n) is 5.54. The van der Waals surface area contributed by atoms with Crippen LogP contribution in [0.15, 0.2) is 28.8 Å². The molecule has 90 valence electrons. The van der Waals surface area contributed by atoms with Crippen LogP contribution >= 0.6 is 0 Å². The van der Waals surface area contributed by atoms with E-state index in [0.717, 1.165) is 22.6 Å². The predicted molar refractivity (Wildman–Crippen MR) is 64.6 cm³/mol. The van der Waals surface area contributed by atoms with Crippen LogP contribution in [0.1, 0.15) is 22.6 Å². The molecule has 0 spiro atoms. The first kappa shape index (κ1) is 11.7. The molecule has 0 saturated carbocycles. The highest BCUT2D eigenvalue weighted by atomic mass is 16.5. The highest BCUT2D eigenvalue weighted by Crippen LogP contribution is 2.24. The number of nitrogens with two attached hydrogens (primary N) is 1. The maximum atomic E-state index is 5.74. The third-order valence-corrected chi connectivity index (χ3v) is 2.55. The number of hydrogen-bond acceptors (Lipinski definition) is 4. The van der Waals surface area contributed by atoms with Crippen molar-refractivity contribution in [2.45, 2.75) is 27.0 Å². The summed E-state index contributed by atoms with van der Waals surface area (Å²) in [5, 5.41) is 3.81. The second-order valence-electron chi connectivity index (χ2n) is 3.99. The van der Waals surface area contributed by atoms with Gasteiger partial charge in [0.1, 0.15) is 12.4 Å². The van der Waals surface area contributed by atoms with Gasteiger partial charge in [0, 0.05) is 18.2 Å². The Morgan fingerprint density at radius 3 is 2.82 bits per heavy atom. The van der Waals surface area contributed by atoms with E-state index in [-0.39, 0.29) is 0 Å². The number of nitrogens with zero attached hydrogens (tertiary/aromatic N) is 1. The van der Waals surface area contributed by atoms with Crippen LogP contribution in [0.25, 0.3) is 0 Å². The molecule has 0 atom stereocenters. The van der Waals surface area contributed by atoms with Gasteiger partial charge < -0.3 is 15.0 Å². The molecule has 0 bridgehead atoms. The monoisotopic (exact) mass is 232 g/mol. The Balaban J connectivity index is 2.13. The molecule has 2 aromatic rings. The van der Waals surface area contributed by atoms with Crippen molar-refractivity contribution in [2.24, 2.45) is 5.73 Å². The molecule has 0 amide bonds. The Kier molecular flexibility index (Phi) is 3.44. The minimum absolute atomic E-state index is 0.374. The fourth-order valence-corrected chi connectivity index (χ4v) is 1.71. The summed E-state index contributed by atoms with van der Waals surface area (Å²) in [5.41, 5.74) is 8.61. The van der Waals surface area contributed by atoms with Crippen molar-refractivity contribution in [3.05, 3.63) is 46.8 Å². The van der Waals surface area contributed by atoms with Crippen LogP contribution in [-0.2, 0) is 13.2 Å². The molecule has 1 heterocycles. The van der Waals surface area contributed by atoms with Gasteiger partial charge in [-0.1, -0.05) is 23.4 Å². The summed E-state index contributed by atoms with van der Waals surface area (Å²) in [7, 11) is 0. The molecule has 0 fully saturated rings. The maximum absolute atomic E-state index is 5.74. The van der Waals surface area contributed by atoms with Crippen LogP contribution in [0.2, 0.25) is 0 Å². The molecule has 17 heavy (non-hydrogen) atoms. The van der Waals surface area contributed by atoms with E-state index in [0.29, 0.717) is 18.9 Å². The Morgan fingerprint density at radius 2 is 2.18 bits per heavy atom. The van der Waals surface area contributed by atoms with E-state index < -0.39 is 0 Å². The van der Waals surface area contributed by atoms with Crippen LogP contribution in [0.5, 0.6) is 5.75 Å². The Labute approximate surface area is 100 Å². The molecule has 0 radical (unpaired) electrons. The molecule has 0 unspecified atom stereocenters. The van der Waals surface area contributed by atoms with Gasteiger partial charge in [-0.3, -0.25) is 0 Å². The van der Waals surface area contributed by atoms with Crippen molar-refractivity contribution in [1.82, 2.24) is 5.16 Å². The topological polar surface area (TPSA) is 61.3 Å². The standard InChI is InChI=1S/C13H16N2O2/c1-9-4-3-5-11(7-14)13(9)16-8-12-6-10(2)15-17-12/h3-6H,7-8,14H2,1-2H3. The van der Waals surface area contributed by atoms with E-state index >= 15 is 0 Å². The molecule has 4 nitrogen and oxygen atoms in total. The van der Waals surface area contributed by atoms with Crippen LogP contribution in [-0.4, -0.2) is 5.16 Å². The number of aromatic nitrogens is 1. The minimum atomic E-state index is 0.374. The van der Waals surface area contributed by atoms with Gasteiger partial charge in [0.05, 0.1) is 5.69 Å². The van der Waals surface area contributed by atoms with Gasteiger partial charge in [-0.2, -0.15) is 0 Å². The molecule has 0 aliphatic carbocycles. The van der Waals surface area contributed by atoms with E-state index in [2.05, 4.69) is 5.16 Å². The van der Waals surface area contributed by atoms with Crippen molar-refractivity contribution >= 4 is 0 Å². The second-order valence-corrected chi connectivity index (χ2v) is 3.99. The Morgan fingerprint density at radius 1 is 1.35 bits per heavy atom. The molecule has 2 N–H and O–H groups in total. The first-order chi connectivity index (χ1) is 8.20. The molecular formula is C13H16N2O2. The quantitative estimate of drug-likeness (QED) is 0.878. The average Bonchev–Trinajstić information content (AvgIpc) is 2.73. The smallest absolute Gasteiger partial charge is 0.174 e. The van der Waals surface area contributed by atoms with Crippen molar-refractivity contribution in [2.75, 3.05) is 0 Å². The van der Waals surface area contributed by atoms with Gasteiger partial charge in [-0.15, -0.1) is 0 Å². The number of benzene rings is 1. The van der Waals surface area contributed by atoms with Crippen molar-refractivity contribution in [1.29, 1.82) is 0 Å². The first-order valence-corrected chi connectivity index (χ1v) is 5.54. The van der Waals surface area contributed by atoms with Gasteiger partial charge in [0.2, 0.25) is 0 Å². The van der Waals surface area contributed by atoms with Gasteiger partial charge in [0.15, 0.2) is 5.76 Å². The molecule has 0 aliphatic rings. The van der Waals surface area contributed by atoms with Crippen molar-refractivity contribution in [3.63, 3.8) is 0 Å². The maximum Gasteiger partial charge on any atom is 0.174 e. The normalized spacial score (nSPS) is 10.5. The number of para-hydroxylation sites is 1. The summed E-state index contributed by atoms with van der Waals surface area (Å²) in [5.74, 6) is 1.55. The summed E-state index contributed by atoms with van der Waals surface area (Å²) in [6.07, 6.45) is 0. The van der Waals surface area contributed by atoms with Gasteiger partial charge in [-0.25, -0.2) is 0 Å². The number of aryl methyl sites for hydroxylation is 2. The number of ether oxygens (including phenoxy) is 1. The Hall–Kier alpha value is -1.81. The molecule has 1 aromatic heterocycles. The predicted octanol–water partition coefficient (Wildman–Crippen LogP) is 2.33.